The van der Waals surface area contributed by atoms with Gasteiger partial charge in [-0.3, -0.25) is 9.69 Å². The van der Waals surface area contributed by atoms with Crippen LogP contribution in [0.15, 0.2) is 12.4 Å². The minimum atomic E-state index is 0.331. The molecule has 2 fully saturated rings. The third kappa shape index (κ3) is 4.46. The van der Waals surface area contributed by atoms with E-state index in [2.05, 4.69) is 30.4 Å². The number of anilines is 1. The van der Waals surface area contributed by atoms with Gasteiger partial charge in [0.1, 0.15) is 0 Å². The van der Waals surface area contributed by atoms with Gasteiger partial charge in [0.2, 0.25) is 11.9 Å². The number of rotatable bonds is 7. The lowest BCUT2D eigenvalue weighted by Crippen LogP contribution is -2.56. The SMILES string of the molecule is CCNc1ncc(CN2CC[C@@H]3[C@@H](CCC(=O)N3CCNC)C2)cn1. The summed E-state index contributed by atoms with van der Waals surface area (Å²) in [5.41, 5.74) is 1.15. The van der Waals surface area contributed by atoms with E-state index in [1.54, 1.807) is 0 Å². The van der Waals surface area contributed by atoms with Crippen LogP contribution in [0.25, 0.3) is 0 Å². The van der Waals surface area contributed by atoms with Crippen LogP contribution in [0.3, 0.4) is 0 Å². The maximum atomic E-state index is 12.3. The fraction of sp³-hybridized carbons (Fsp3) is 0.722. The standard InChI is InChI=1S/C18H30N6O/c1-3-20-18-21-10-14(11-22-18)12-23-8-6-16-15(13-23)4-5-17(25)24(16)9-7-19-2/h10-11,15-16,19H,3-9,12-13H2,1-2H3,(H,20,21,22)/t15-,16+/m0/s1. The summed E-state index contributed by atoms with van der Waals surface area (Å²) >= 11 is 0. The first kappa shape index (κ1) is 18.1. The van der Waals surface area contributed by atoms with Crippen molar-refractivity contribution in [3.63, 3.8) is 0 Å². The molecule has 0 spiro atoms. The minimum Gasteiger partial charge on any atom is -0.355 e. The van der Waals surface area contributed by atoms with Gasteiger partial charge in [-0.1, -0.05) is 0 Å². The monoisotopic (exact) mass is 346 g/mol. The summed E-state index contributed by atoms with van der Waals surface area (Å²) in [5, 5.41) is 6.29. The lowest BCUT2D eigenvalue weighted by Gasteiger charge is -2.47. The van der Waals surface area contributed by atoms with E-state index in [1.165, 1.54) is 0 Å². The molecule has 1 aromatic heterocycles. The van der Waals surface area contributed by atoms with Crippen molar-refractivity contribution in [3.8, 4) is 0 Å². The van der Waals surface area contributed by atoms with Crippen LogP contribution in [0.2, 0.25) is 0 Å². The Bertz CT molecular complexity index is 563. The van der Waals surface area contributed by atoms with Crippen molar-refractivity contribution in [2.24, 2.45) is 5.92 Å². The number of amides is 1. The van der Waals surface area contributed by atoms with Gasteiger partial charge in [0.05, 0.1) is 0 Å². The van der Waals surface area contributed by atoms with E-state index in [-0.39, 0.29) is 0 Å². The quantitative estimate of drug-likeness (QED) is 0.766. The van der Waals surface area contributed by atoms with Crippen LogP contribution in [0.4, 0.5) is 5.95 Å². The molecule has 0 aromatic carbocycles. The third-order valence-electron chi connectivity index (χ3n) is 5.28. The molecule has 7 nitrogen and oxygen atoms in total. The molecule has 3 heterocycles. The number of hydrogen-bond acceptors (Lipinski definition) is 6. The molecule has 1 aromatic rings. The van der Waals surface area contributed by atoms with E-state index in [9.17, 15) is 4.79 Å². The highest BCUT2D eigenvalue weighted by molar-refractivity contribution is 5.77. The van der Waals surface area contributed by atoms with Crippen LogP contribution in [0, 0.1) is 5.92 Å². The van der Waals surface area contributed by atoms with Gasteiger partial charge in [-0.15, -0.1) is 0 Å². The molecule has 25 heavy (non-hydrogen) atoms. The normalized spacial score (nSPS) is 24.2. The Morgan fingerprint density at radius 2 is 2.08 bits per heavy atom. The van der Waals surface area contributed by atoms with Crippen LogP contribution in [-0.2, 0) is 11.3 Å². The van der Waals surface area contributed by atoms with Crippen LogP contribution < -0.4 is 10.6 Å². The van der Waals surface area contributed by atoms with Crippen LogP contribution in [0.1, 0.15) is 31.7 Å². The summed E-state index contributed by atoms with van der Waals surface area (Å²) in [5.74, 6) is 1.61. The van der Waals surface area contributed by atoms with E-state index < -0.39 is 0 Å². The third-order valence-corrected chi connectivity index (χ3v) is 5.28. The second-order valence-corrected chi connectivity index (χ2v) is 7.03. The predicted octanol–water partition coefficient (Wildman–Crippen LogP) is 0.941. The Morgan fingerprint density at radius 3 is 2.80 bits per heavy atom. The zero-order valence-electron chi connectivity index (χ0n) is 15.4. The molecule has 2 N–H and O–H groups in total. The molecule has 2 saturated heterocycles. The van der Waals surface area contributed by atoms with Crippen molar-refractivity contribution in [2.75, 3.05) is 45.1 Å². The average molecular weight is 346 g/mol. The number of carbonyl (C=O) groups excluding carboxylic acids is 1. The fourth-order valence-corrected chi connectivity index (χ4v) is 4.04. The minimum absolute atomic E-state index is 0.331. The van der Waals surface area contributed by atoms with Gasteiger partial charge < -0.3 is 15.5 Å². The smallest absolute Gasteiger partial charge is 0.222 e. The molecule has 0 unspecified atom stereocenters. The number of nitrogens with zero attached hydrogens (tertiary/aromatic N) is 4. The van der Waals surface area contributed by atoms with Gasteiger partial charge in [-0.05, 0) is 32.7 Å². The first-order valence-corrected chi connectivity index (χ1v) is 9.42. The van der Waals surface area contributed by atoms with Crippen molar-refractivity contribution >= 4 is 11.9 Å². The molecule has 0 bridgehead atoms. The van der Waals surface area contributed by atoms with Gasteiger partial charge >= 0.3 is 0 Å². The number of piperidine rings is 2. The first-order valence-electron chi connectivity index (χ1n) is 9.42. The Balaban J connectivity index is 1.56. The maximum Gasteiger partial charge on any atom is 0.222 e. The van der Waals surface area contributed by atoms with Crippen molar-refractivity contribution in [1.29, 1.82) is 0 Å². The second-order valence-electron chi connectivity index (χ2n) is 7.03. The molecule has 2 aliphatic heterocycles. The number of hydrogen-bond donors (Lipinski definition) is 2. The molecule has 0 saturated carbocycles. The highest BCUT2D eigenvalue weighted by Gasteiger charge is 2.38. The van der Waals surface area contributed by atoms with E-state index in [4.69, 9.17) is 0 Å². The average Bonchev–Trinajstić information content (AvgIpc) is 2.63. The Hall–Kier alpha value is -1.73. The molecule has 0 radical (unpaired) electrons. The first-order chi connectivity index (χ1) is 12.2. The lowest BCUT2D eigenvalue weighted by atomic mass is 9.83. The molecule has 1 amide bonds. The number of likely N-dealkylation sites (tertiary alicyclic amines) is 2. The summed E-state index contributed by atoms with van der Waals surface area (Å²) < 4.78 is 0. The molecule has 138 valence electrons. The highest BCUT2D eigenvalue weighted by atomic mass is 16.2. The topological polar surface area (TPSA) is 73.4 Å². The number of aromatic nitrogens is 2. The molecule has 3 rings (SSSR count). The van der Waals surface area contributed by atoms with Gasteiger partial charge in [-0.25, -0.2) is 9.97 Å². The number of likely N-dealkylation sites (N-methyl/N-ethyl adjacent to an activating group) is 1. The highest BCUT2D eigenvalue weighted by Crippen LogP contribution is 2.31. The van der Waals surface area contributed by atoms with Crippen LogP contribution >= 0.6 is 0 Å². The van der Waals surface area contributed by atoms with Gasteiger partial charge in [-0.2, -0.15) is 0 Å². The van der Waals surface area contributed by atoms with Crippen molar-refractivity contribution in [2.45, 2.75) is 38.8 Å². The maximum absolute atomic E-state index is 12.3. The molecule has 7 heteroatoms. The Labute approximate surface area is 150 Å². The molecular weight excluding hydrogens is 316 g/mol. The molecular formula is C18H30N6O. The van der Waals surface area contributed by atoms with Crippen molar-refractivity contribution in [3.05, 3.63) is 18.0 Å². The largest absolute Gasteiger partial charge is 0.355 e. The fourth-order valence-electron chi connectivity index (χ4n) is 4.04. The Kier molecular flexibility index (Phi) is 6.20. The summed E-state index contributed by atoms with van der Waals surface area (Å²) in [4.78, 5) is 25.6. The van der Waals surface area contributed by atoms with E-state index in [0.717, 1.165) is 57.7 Å². The predicted molar refractivity (Wildman–Crippen MR) is 98.2 cm³/mol. The number of fused-ring (bicyclic) bond motifs is 1. The lowest BCUT2D eigenvalue weighted by molar-refractivity contribution is -0.141. The number of carbonyl (C=O) groups is 1. The summed E-state index contributed by atoms with van der Waals surface area (Å²) in [7, 11) is 1.94. The molecule has 2 aliphatic rings. The zero-order valence-corrected chi connectivity index (χ0v) is 15.4. The van der Waals surface area contributed by atoms with Gasteiger partial charge in [0.25, 0.3) is 0 Å². The summed E-state index contributed by atoms with van der Waals surface area (Å²) in [6, 6.07) is 0.415. The van der Waals surface area contributed by atoms with Gasteiger partial charge in [0.15, 0.2) is 0 Å². The zero-order chi connectivity index (χ0) is 17.6. The molecule has 0 aliphatic carbocycles. The van der Waals surface area contributed by atoms with Crippen molar-refractivity contribution < 1.29 is 4.79 Å². The van der Waals surface area contributed by atoms with Crippen molar-refractivity contribution in [1.82, 2.24) is 25.1 Å². The van der Waals surface area contributed by atoms with E-state index in [0.29, 0.717) is 30.2 Å². The van der Waals surface area contributed by atoms with Gasteiger partial charge in [0, 0.05) is 69.7 Å². The number of nitrogens with one attached hydrogen (secondary N) is 2. The molecule has 2 atom stereocenters. The summed E-state index contributed by atoms with van der Waals surface area (Å²) in [6.07, 6.45) is 6.61. The van der Waals surface area contributed by atoms with Crippen LogP contribution in [0.5, 0.6) is 0 Å². The Morgan fingerprint density at radius 1 is 1.28 bits per heavy atom. The summed E-state index contributed by atoms with van der Waals surface area (Å²) in [6.45, 7) is 7.54. The second kappa shape index (κ2) is 8.58. The van der Waals surface area contributed by atoms with Crippen LogP contribution in [-0.4, -0.2) is 71.5 Å². The van der Waals surface area contributed by atoms with E-state index >= 15 is 0 Å². The van der Waals surface area contributed by atoms with E-state index in [1.807, 2.05) is 26.4 Å².